The van der Waals surface area contributed by atoms with Crippen LogP contribution in [0.25, 0.3) is 0 Å². The number of amides is 2. The molecule has 1 heterocycles. The van der Waals surface area contributed by atoms with Crippen LogP contribution in [0.5, 0.6) is 0 Å². The molecule has 0 aliphatic carbocycles. The van der Waals surface area contributed by atoms with Crippen LogP contribution in [-0.4, -0.2) is 47.8 Å². The van der Waals surface area contributed by atoms with Gasteiger partial charge in [-0.3, -0.25) is 9.59 Å². The Balaban J connectivity index is 1.68. The second kappa shape index (κ2) is 7.97. The smallest absolute Gasteiger partial charge is 0.254 e. The van der Waals surface area contributed by atoms with E-state index in [9.17, 15) is 9.59 Å². The molecule has 1 aliphatic heterocycles. The van der Waals surface area contributed by atoms with E-state index in [1.54, 1.807) is 11.8 Å². The van der Waals surface area contributed by atoms with Gasteiger partial charge in [-0.15, -0.1) is 0 Å². The zero-order chi connectivity index (χ0) is 17.6. The molecule has 0 unspecified atom stereocenters. The zero-order valence-electron chi connectivity index (χ0n) is 14.6. The molecule has 0 atom stereocenters. The van der Waals surface area contributed by atoms with E-state index in [0.29, 0.717) is 26.2 Å². The van der Waals surface area contributed by atoms with Crippen molar-refractivity contribution in [1.82, 2.24) is 9.80 Å². The van der Waals surface area contributed by atoms with Crippen molar-refractivity contribution in [3.8, 4) is 0 Å². The maximum absolute atomic E-state index is 12.9. The summed E-state index contributed by atoms with van der Waals surface area (Å²) in [5.41, 5.74) is 3.15. The quantitative estimate of drug-likeness (QED) is 0.861. The largest absolute Gasteiger partial charge is 0.339 e. The third-order valence-corrected chi connectivity index (χ3v) is 4.79. The summed E-state index contributed by atoms with van der Waals surface area (Å²) in [6, 6.07) is 18.2. The molecule has 0 spiro atoms. The highest BCUT2D eigenvalue weighted by Gasteiger charge is 2.24. The topological polar surface area (TPSA) is 40.6 Å². The van der Waals surface area contributed by atoms with Gasteiger partial charge in [0.2, 0.25) is 5.91 Å². The Morgan fingerprint density at radius 1 is 0.800 bits per heavy atom. The molecule has 1 aliphatic rings. The second-order valence-corrected chi connectivity index (χ2v) is 6.44. The van der Waals surface area contributed by atoms with E-state index in [0.717, 1.165) is 24.0 Å². The molecule has 25 heavy (non-hydrogen) atoms. The average molecular weight is 336 g/mol. The second-order valence-electron chi connectivity index (χ2n) is 6.44. The van der Waals surface area contributed by atoms with Gasteiger partial charge in [0.15, 0.2) is 0 Å². The van der Waals surface area contributed by atoms with Crippen molar-refractivity contribution in [3.05, 3.63) is 71.3 Å². The highest BCUT2D eigenvalue weighted by atomic mass is 16.2. The Hall–Kier alpha value is -2.62. The number of carbonyl (C=O) groups excluding carboxylic acids is 2. The van der Waals surface area contributed by atoms with Crippen molar-refractivity contribution in [3.63, 3.8) is 0 Å². The first kappa shape index (κ1) is 17.2. The maximum atomic E-state index is 12.9. The summed E-state index contributed by atoms with van der Waals surface area (Å²) in [6.07, 6.45) is 1.77. The standard InChI is InChI=1S/C21H24N2O2/c1-17(24)22-13-15-23(16-14-22)21(25)20-10-6-5-9-19(20)12-11-18-7-3-2-4-8-18/h2-10H,11-16H2,1H3. The monoisotopic (exact) mass is 336 g/mol. The lowest BCUT2D eigenvalue weighted by Crippen LogP contribution is -2.50. The predicted molar refractivity (Wildman–Crippen MR) is 98.4 cm³/mol. The highest BCUT2D eigenvalue weighted by Crippen LogP contribution is 2.16. The number of rotatable bonds is 4. The Bertz CT molecular complexity index is 735. The van der Waals surface area contributed by atoms with Crippen LogP contribution in [-0.2, 0) is 17.6 Å². The van der Waals surface area contributed by atoms with E-state index >= 15 is 0 Å². The minimum atomic E-state index is 0.0758. The van der Waals surface area contributed by atoms with Gasteiger partial charge in [0.1, 0.15) is 0 Å². The van der Waals surface area contributed by atoms with Crippen LogP contribution in [0.4, 0.5) is 0 Å². The SMILES string of the molecule is CC(=O)N1CCN(C(=O)c2ccccc2CCc2ccccc2)CC1. The van der Waals surface area contributed by atoms with Crippen LogP contribution >= 0.6 is 0 Å². The third-order valence-electron chi connectivity index (χ3n) is 4.79. The van der Waals surface area contributed by atoms with E-state index in [1.807, 2.05) is 47.4 Å². The molecule has 0 bridgehead atoms. The number of carbonyl (C=O) groups is 2. The molecule has 0 saturated carbocycles. The van der Waals surface area contributed by atoms with Crippen LogP contribution in [0.3, 0.4) is 0 Å². The molecule has 4 heteroatoms. The van der Waals surface area contributed by atoms with Crippen molar-refractivity contribution >= 4 is 11.8 Å². The average Bonchev–Trinajstić information content (AvgIpc) is 2.67. The first-order valence-electron chi connectivity index (χ1n) is 8.82. The lowest BCUT2D eigenvalue weighted by Gasteiger charge is -2.34. The van der Waals surface area contributed by atoms with Gasteiger partial charge in [-0.1, -0.05) is 48.5 Å². The molecule has 130 valence electrons. The molecule has 2 amide bonds. The molecule has 2 aromatic carbocycles. The van der Waals surface area contributed by atoms with Crippen molar-refractivity contribution in [2.75, 3.05) is 26.2 Å². The Morgan fingerprint density at radius 3 is 2.08 bits per heavy atom. The molecule has 1 fully saturated rings. The minimum absolute atomic E-state index is 0.0758. The molecule has 3 rings (SSSR count). The lowest BCUT2D eigenvalue weighted by molar-refractivity contribution is -0.130. The first-order valence-corrected chi connectivity index (χ1v) is 8.82. The fourth-order valence-electron chi connectivity index (χ4n) is 3.27. The minimum Gasteiger partial charge on any atom is -0.339 e. The van der Waals surface area contributed by atoms with Gasteiger partial charge in [0, 0.05) is 38.7 Å². The number of nitrogens with zero attached hydrogens (tertiary/aromatic N) is 2. The summed E-state index contributed by atoms with van der Waals surface area (Å²) in [4.78, 5) is 28.0. The summed E-state index contributed by atoms with van der Waals surface area (Å²) < 4.78 is 0. The van der Waals surface area contributed by atoms with Crippen molar-refractivity contribution in [2.45, 2.75) is 19.8 Å². The van der Waals surface area contributed by atoms with Gasteiger partial charge >= 0.3 is 0 Å². The van der Waals surface area contributed by atoms with Gasteiger partial charge in [-0.05, 0) is 30.0 Å². The van der Waals surface area contributed by atoms with E-state index in [1.165, 1.54) is 5.56 Å². The Morgan fingerprint density at radius 2 is 1.40 bits per heavy atom. The van der Waals surface area contributed by atoms with Crippen molar-refractivity contribution in [2.24, 2.45) is 0 Å². The molecule has 4 nitrogen and oxygen atoms in total. The molecular weight excluding hydrogens is 312 g/mol. The number of benzene rings is 2. The van der Waals surface area contributed by atoms with E-state index in [-0.39, 0.29) is 11.8 Å². The van der Waals surface area contributed by atoms with Crippen LogP contribution in [0, 0.1) is 0 Å². The van der Waals surface area contributed by atoms with E-state index < -0.39 is 0 Å². The highest BCUT2D eigenvalue weighted by molar-refractivity contribution is 5.96. The third kappa shape index (κ3) is 4.27. The first-order chi connectivity index (χ1) is 12.1. The van der Waals surface area contributed by atoms with Gasteiger partial charge in [-0.25, -0.2) is 0 Å². The molecule has 0 radical (unpaired) electrons. The number of aryl methyl sites for hydroxylation is 2. The number of hydrogen-bond acceptors (Lipinski definition) is 2. The summed E-state index contributed by atoms with van der Waals surface area (Å²) >= 11 is 0. The Kier molecular flexibility index (Phi) is 5.49. The summed E-state index contributed by atoms with van der Waals surface area (Å²) in [5.74, 6) is 0.155. The van der Waals surface area contributed by atoms with Crippen molar-refractivity contribution in [1.29, 1.82) is 0 Å². The zero-order valence-corrected chi connectivity index (χ0v) is 14.6. The number of hydrogen-bond donors (Lipinski definition) is 0. The molecule has 0 aromatic heterocycles. The molecule has 1 saturated heterocycles. The summed E-state index contributed by atoms with van der Waals surface area (Å²) in [5, 5.41) is 0. The summed E-state index contributed by atoms with van der Waals surface area (Å²) in [6.45, 7) is 4.02. The van der Waals surface area contributed by atoms with Crippen LogP contribution in [0.1, 0.15) is 28.4 Å². The molecular formula is C21H24N2O2. The normalized spacial score (nSPS) is 14.4. The van der Waals surface area contributed by atoms with Gasteiger partial charge < -0.3 is 9.80 Å². The maximum Gasteiger partial charge on any atom is 0.254 e. The fourth-order valence-corrected chi connectivity index (χ4v) is 3.27. The molecule has 0 N–H and O–H groups in total. The van der Waals surface area contributed by atoms with Gasteiger partial charge in [-0.2, -0.15) is 0 Å². The predicted octanol–water partition coefficient (Wildman–Crippen LogP) is 2.78. The van der Waals surface area contributed by atoms with E-state index in [4.69, 9.17) is 0 Å². The lowest BCUT2D eigenvalue weighted by atomic mass is 9.99. The van der Waals surface area contributed by atoms with Gasteiger partial charge in [0.05, 0.1) is 0 Å². The number of piperazine rings is 1. The van der Waals surface area contributed by atoms with Crippen LogP contribution in [0.15, 0.2) is 54.6 Å². The summed E-state index contributed by atoms with van der Waals surface area (Å²) in [7, 11) is 0. The Labute approximate surface area is 149 Å². The fraction of sp³-hybridized carbons (Fsp3) is 0.333. The van der Waals surface area contributed by atoms with E-state index in [2.05, 4.69) is 12.1 Å². The van der Waals surface area contributed by atoms with Crippen LogP contribution in [0.2, 0.25) is 0 Å². The van der Waals surface area contributed by atoms with Crippen molar-refractivity contribution < 1.29 is 9.59 Å². The van der Waals surface area contributed by atoms with Crippen LogP contribution < -0.4 is 0 Å². The van der Waals surface area contributed by atoms with Gasteiger partial charge in [0.25, 0.3) is 5.91 Å². The molecule has 2 aromatic rings.